The topological polar surface area (TPSA) is 52.3 Å². The molecule has 0 saturated heterocycles. The second-order valence-corrected chi connectivity index (χ2v) is 5.09. The molecule has 2 N–H and O–H groups in total. The molecule has 1 saturated carbocycles. The van der Waals surface area contributed by atoms with Crippen molar-refractivity contribution in [2.45, 2.75) is 58.6 Å². The third kappa shape index (κ3) is 3.82. The van der Waals surface area contributed by atoms with Gasteiger partial charge in [-0.1, -0.05) is 20.8 Å². The average molecular weight is 213 g/mol. The molecule has 0 heterocycles. The summed E-state index contributed by atoms with van der Waals surface area (Å²) < 4.78 is 5.40. The van der Waals surface area contributed by atoms with Crippen molar-refractivity contribution in [2.75, 3.05) is 0 Å². The lowest BCUT2D eigenvalue weighted by molar-refractivity contribution is -0.153. The third-order valence-electron chi connectivity index (χ3n) is 3.24. The highest BCUT2D eigenvalue weighted by Gasteiger charge is 2.25. The fraction of sp³-hybridized carbons (Fsp3) is 0.917. The van der Waals surface area contributed by atoms with Crippen LogP contribution >= 0.6 is 0 Å². The average Bonchev–Trinajstić information content (AvgIpc) is 2.20. The second kappa shape index (κ2) is 5.50. The molecule has 1 unspecified atom stereocenters. The molecule has 0 radical (unpaired) electrons. The minimum Gasteiger partial charge on any atom is -0.461 e. The molecule has 1 aliphatic carbocycles. The zero-order chi connectivity index (χ0) is 11.4. The van der Waals surface area contributed by atoms with E-state index in [0.29, 0.717) is 0 Å². The normalized spacial score (nSPS) is 28.9. The lowest BCUT2D eigenvalue weighted by Crippen LogP contribution is -2.39. The van der Waals surface area contributed by atoms with Crippen molar-refractivity contribution in [3.63, 3.8) is 0 Å². The number of ether oxygens (including phenoxy) is 1. The van der Waals surface area contributed by atoms with Crippen LogP contribution in [0.4, 0.5) is 0 Å². The predicted octanol–water partition coefficient (Wildman–Crippen LogP) is 2.09. The molecule has 1 aliphatic rings. The first-order valence-corrected chi connectivity index (χ1v) is 5.96. The van der Waals surface area contributed by atoms with E-state index in [4.69, 9.17) is 10.5 Å². The monoisotopic (exact) mass is 213 g/mol. The molecule has 0 aliphatic heterocycles. The molecule has 15 heavy (non-hydrogen) atoms. The Morgan fingerprint density at radius 3 is 2.27 bits per heavy atom. The number of nitrogens with two attached hydrogens (primary N) is 1. The fourth-order valence-electron chi connectivity index (χ4n) is 1.86. The predicted molar refractivity (Wildman–Crippen MR) is 60.3 cm³/mol. The van der Waals surface area contributed by atoms with Gasteiger partial charge in [-0.25, -0.2) is 0 Å². The van der Waals surface area contributed by atoms with Gasteiger partial charge < -0.3 is 10.5 Å². The minimum absolute atomic E-state index is 0.110. The molecule has 0 aromatic rings. The summed E-state index contributed by atoms with van der Waals surface area (Å²) in [4.78, 5) is 11.6. The van der Waals surface area contributed by atoms with Crippen LogP contribution in [-0.2, 0) is 9.53 Å². The summed E-state index contributed by atoms with van der Waals surface area (Å²) in [5, 5.41) is 0. The molecular formula is C12H23NO2. The standard InChI is InChI=1S/C12H23NO2/c1-8(2)11(13)12(14)15-10-6-4-9(3)5-7-10/h8-11H,4-7,13H2,1-3H3. The molecule has 3 heteroatoms. The van der Waals surface area contributed by atoms with E-state index in [2.05, 4.69) is 6.92 Å². The number of hydrogen-bond acceptors (Lipinski definition) is 3. The number of rotatable bonds is 3. The molecule has 1 atom stereocenters. The van der Waals surface area contributed by atoms with E-state index < -0.39 is 6.04 Å². The van der Waals surface area contributed by atoms with E-state index in [1.54, 1.807) is 0 Å². The summed E-state index contributed by atoms with van der Waals surface area (Å²) in [6, 6.07) is -0.468. The summed E-state index contributed by atoms with van der Waals surface area (Å²) in [5.74, 6) is 0.697. The van der Waals surface area contributed by atoms with Crippen molar-refractivity contribution in [3.05, 3.63) is 0 Å². The molecule has 1 rings (SSSR count). The van der Waals surface area contributed by atoms with Gasteiger partial charge in [-0.05, 0) is 37.5 Å². The third-order valence-corrected chi connectivity index (χ3v) is 3.24. The van der Waals surface area contributed by atoms with Crippen molar-refractivity contribution in [2.24, 2.45) is 17.6 Å². The van der Waals surface area contributed by atoms with E-state index in [9.17, 15) is 4.79 Å². The molecule has 0 aromatic carbocycles. The van der Waals surface area contributed by atoms with Gasteiger partial charge in [-0.15, -0.1) is 0 Å². The lowest BCUT2D eigenvalue weighted by Gasteiger charge is -2.27. The Morgan fingerprint density at radius 1 is 1.27 bits per heavy atom. The maximum Gasteiger partial charge on any atom is 0.323 e. The van der Waals surface area contributed by atoms with Crippen molar-refractivity contribution in [1.82, 2.24) is 0 Å². The Morgan fingerprint density at radius 2 is 1.80 bits per heavy atom. The van der Waals surface area contributed by atoms with E-state index in [0.717, 1.165) is 31.6 Å². The van der Waals surface area contributed by atoms with Crippen LogP contribution in [0.3, 0.4) is 0 Å². The number of esters is 1. The first-order chi connectivity index (χ1) is 7.00. The Kier molecular flexibility index (Phi) is 4.58. The minimum atomic E-state index is -0.468. The largest absolute Gasteiger partial charge is 0.461 e. The Labute approximate surface area is 92.4 Å². The Hall–Kier alpha value is -0.570. The SMILES string of the molecule is CC1CCC(OC(=O)C(N)C(C)C)CC1. The Balaban J connectivity index is 2.32. The molecular weight excluding hydrogens is 190 g/mol. The highest BCUT2D eigenvalue weighted by molar-refractivity contribution is 5.75. The molecule has 1 fully saturated rings. The van der Waals surface area contributed by atoms with E-state index >= 15 is 0 Å². The molecule has 0 bridgehead atoms. The Bertz CT molecular complexity index is 208. The van der Waals surface area contributed by atoms with Gasteiger partial charge in [0.2, 0.25) is 0 Å². The van der Waals surface area contributed by atoms with Gasteiger partial charge >= 0.3 is 5.97 Å². The van der Waals surface area contributed by atoms with Crippen LogP contribution in [0, 0.1) is 11.8 Å². The summed E-state index contributed by atoms with van der Waals surface area (Å²) in [6.07, 6.45) is 4.43. The van der Waals surface area contributed by atoms with Gasteiger partial charge in [-0.2, -0.15) is 0 Å². The number of carbonyl (C=O) groups is 1. The van der Waals surface area contributed by atoms with Crippen molar-refractivity contribution < 1.29 is 9.53 Å². The van der Waals surface area contributed by atoms with Crippen molar-refractivity contribution >= 4 is 5.97 Å². The van der Waals surface area contributed by atoms with E-state index in [1.165, 1.54) is 0 Å². The molecule has 3 nitrogen and oxygen atoms in total. The second-order valence-electron chi connectivity index (χ2n) is 5.09. The molecule has 0 aromatic heterocycles. The smallest absolute Gasteiger partial charge is 0.323 e. The number of carbonyl (C=O) groups excluding carboxylic acids is 1. The van der Waals surface area contributed by atoms with Crippen LogP contribution < -0.4 is 5.73 Å². The van der Waals surface area contributed by atoms with Crippen LogP contribution in [0.25, 0.3) is 0 Å². The van der Waals surface area contributed by atoms with Gasteiger partial charge in [0.05, 0.1) is 0 Å². The molecule has 0 amide bonds. The highest BCUT2D eigenvalue weighted by Crippen LogP contribution is 2.25. The van der Waals surface area contributed by atoms with Crippen LogP contribution in [0.15, 0.2) is 0 Å². The van der Waals surface area contributed by atoms with Crippen LogP contribution in [-0.4, -0.2) is 18.1 Å². The van der Waals surface area contributed by atoms with Crippen molar-refractivity contribution in [1.29, 1.82) is 0 Å². The number of hydrogen-bond donors (Lipinski definition) is 1. The van der Waals surface area contributed by atoms with Gasteiger partial charge in [0.15, 0.2) is 0 Å². The fourth-order valence-corrected chi connectivity index (χ4v) is 1.86. The maximum absolute atomic E-state index is 11.6. The van der Waals surface area contributed by atoms with E-state index in [1.807, 2.05) is 13.8 Å². The van der Waals surface area contributed by atoms with Crippen LogP contribution in [0.2, 0.25) is 0 Å². The van der Waals surface area contributed by atoms with E-state index in [-0.39, 0.29) is 18.0 Å². The maximum atomic E-state index is 11.6. The van der Waals surface area contributed by atoms with Gasteiger partial charge in [0.1, 0.15) is 12.1 Å². The molecule has 0 spiro atoms. The highest BCUT2D eigenvalue weighted by atomic mass is 16.5. The first kappa shape index (κ1) is 12.5. The lowest BCUT2D eigenvalue weighted by atomic mass is 9.89. The summed E-state index contributed by atoms with van der Waals surface area (Å²) in [5.41, 5.74) is 5.73. The van der Waals surface area contributed by atoms with Crippen molar-refractivity contribution in [3.8, 4) is 0 Å². The molecule has 88 valence electrons. The quantitative estimate of drug-likeness (QED) is 0.730. The summed E-state index contributed by atoms with van der Waals surface area (Å²) in [6.45, 7) is 6.13. The summed E-state index contributed by atoms with van der Waals surface area (Å²) in [7, 11) is 0. The zero-order valence-corrected chi connectivity index (χ0v) is 10.0. The van der Waals surface area contributed by atoms with Gasteiger partial charge in [0.25, 0.3) is 0 Å². The van der Waals surface area contributed by atoms with Crippen LogP contribution in [0.5, 0.6) is 0 Å². The van der Waals surface area contributed by atoms with Gasteiger partial charge in [0, 0.05) is 0 Å². The van der Waals surface area contributed by atoms with Crippen LogP contribution in [0.1, 0.15) is 46.5 Å². The van der Waals surface area contributed by atoms with Gasteiger partial charge in [-0.3, -0.25) is 4.79 Å². The zero-order valence-electron chi connectivity index (χ0n) is 10.0. The first-order valence-electron chi connectivity index (χ1n) is 5.96. The summed E-state index contributed by atoms with van der Waals surface area (Å²) >= 11 is 0.